The number of para-hydroxylation sites is 1. The first-order valence-corrected chi connectivity index (χ1v) is 11.7. The highest BCUT2D eigenvalue weighted by molar-refractivity contribution is 6.10. The second-order valence-electron chi connectivity index (χ2n) is 11.1. The Morgan fingerprint density at radius 1 is 1.03 bits per heavy atom. The molecule has 2 aromatic carbocycles. The molecule has 4 aromatic rings. The van der Waals surface area contributed by atoms with Crippen LogP contribution in [0.3, 0.4) is 0 Å². The van der Waals surface area contributed by atoms with Crippen molar-refractivity contribution in [3.05, 3.63) is 59.5 Å². The quantitative estimate of drug-likeness (QED) is 0.319. The Labute approximate surface area is 197 Å². The predicted octanol–water partition coefficient (Wildman–Crippen LogP) is 7.90. The summed E-state index contributed by atoms with van der Waals surface area (Å²) in [4.78, 5) is 9.35. The fourth-order valence-electron chi connectivity index (χ4n) is 4.84. The summed E-state index contributed by atoms with van der Waals surface area (Å²) in [6.07, 6.45) is 6.99. The van der Waals surface area contributed by atoms with Crippen molar-refractivity contribution in [1.82, 2.24) is 9.97 Å². The molecule has 1 saturated carbocycles. The van der Waals surface area contributed by atoms with Gasteiger partial charge >= 0.3 is 0 Å². The number of rotatable bonds is 2. The van der Waals surface area contributed by atoms with Gasteiger partial charge in [0.15, 0.2) is 0 Å². The Morgan fingerprint density at radius 2 is 1.76 bits per heavy atom. The summed E-state index contributed by atoms with van der Waals surface area (Å²) in [6, 6.07) is 12.2. The summed E-state index contributed by atoms with van der Waals surface area (Å²) in [7, 11) is 0. The number of nitriles is 1. The van der Waals surface area contributed by atoms with E-state index < -0.39 is 5.89 Å². The van der Waals surface area contributed by atoms with E-state index in [1.165, 1.54) is 0 Å². The number of benzene rings is 2. The lowest BCUT2D eigenvalue weighted by molar-refractivity contribution is 0.224. The Bertz CT molecular complexity index is 1430. The van der Waals surface area contributed by atoms with Gasteiger partial charge in [0.25, 0.3) is 0 Å². The van der Waals surface area contributed by atoms with E-state index in [0.717, 1.165) is 64.6 Å². The van der Waals surface area contributed by atoms with Crippen molar-refractivity contribution in [2.45, 2.75) is 71.6 Å². The van der Waals surface area contributed by atoms with Crippen LogP contribution in [0.2, 0.25) is 0 Å². The summed E-state index contributed by atoms with van der Waals surface area (Å²) in [6.45, 7) is 10.9. The Morgan fingerprint density at radius 3 is 2.39 bits per heavy atom. The molecule has 2 heterocycles. The third-order valence-corrected chi connectivity index (χ3v) is 7.04. The lowest BCUT2D eigenvalue weighted by atomic mass is 9.70. The maximum atomic E-state index is 9.93. The molecule has 1 aliphatic carbocycles. The topological polar surface area (TPSA) is 62.7 Å². The van der Waals surface area contributed by atoms with Gasteiger partial charge in [-0.2, -0.15) is 5.26 Å². The highest BCUT2D eigenvalue weighted by atomic mass is 16.3. The standard InChI is InChI=1S/C29H31N3O/c1-28(2,3)24-17-31-23(16-32-24)22-8-6-7-20-21-10-9-19(15-30)25(27(21)33-26(20)22)18-11-13-29(4,5)14-12-18/h6-10,16-18H,11-14H2,1-5H3/i18D. The lowest BCUT2D eigenvalue weighted by Gasteiger charge is -2.34. The average molecular weight is 439 g/mol. The molecule has 4 heteroatoms. The highest BCUT2D eigenvalue weighted by Gasteiger charge is 2.31. The first-order valence-electron chi connectivity index (χ1n) is 12.2. The maximum Gasteiger partial charge on any atom is 0.144 e. The molecule has 0 bridgehead atoms. The van der Waals surface area contributed by atoms with Gasteiger partial charge in [-0.15, -0.1) is 0 Å². The second-order valence-corrected chi connectivity index (χ2v) is 11.1. The number of aromatic nitrogens is 2. The van der Waals surface area contributed by atoms with Crippen molar-refractivity contribution < 1.29 is 5.79 Å². The van der Waals surface area contributed by atoms with Crippen LogP contribution in [-0.2, 0) is 5.41 Å². The minimum absolute atomic E-state index is 0.0729. The van der Waals surface area contributed by atoms with Crippen LogP contribution in [0.15, 0.2) is 47.1 Å². The molecular formula is C29H31N3O. The van der Waals surface area contributed by atoms with Gasteiger partial charge in [-0.3, -0.25) is 9.97 Å². The zero-order valence-electron chi connectivity index (χ0n) is 21.1. The molecule has 0 aliphatic heterocycles. The van der Waals surface area contributed by atoms with E-state index in [4.69, 9.17) is 9.40 Å². The third-order valence-electron chi connectivity index (χ3n) is 7.04. The smallest absolute Gasteiger partial charge is 0.144 e. The van der Waals surface area contributed by atoms with Crippen LogP contribution in [0.5, 0.6) is 0 Å². The summed E-state index contributed by atoms with van der Waals surface area (Å²) in [5.41, 5.74) is 5.37. The van der Waals surface area contributed by atoms with Crippen LogP contribution >= 0.6 is 0 Å². The number of hydrogen-bond acceptors (Lipinski definition) is 4. The van der Waals surface area contributed by atoms with Crippen LogP contribution in [-0.4, -0.2) is 9.97 Å². The zero-order valence-corrected chi connectivity index (χ0v) is 20.1. The molecule has 0 radical (unpaired) electrons. The molecule has 0 unspecified atom stereocenters. The van der Waals surface area contributed by atoms with E-state index >= 15 is 0 Å². The first kappa shape index (κ1) is 20.4. The number of hydrogen-bond donors (Lipinski definition) is 0. The summed E-state index contributed by atoms with van der Waals surface area (Å²) in [5, 5.41) is 11.8. The largest absolute Gasteiger partial charge is 0.455 e. The van der Waals surface area contributed by atoms with Crippen molar-refractivity contribution in [3.63, 3.8) is 0 Å². The van der Waals surface area contributed by atoms with E-state index in [9.17, 15) is 6.63 Å². The van der Waals surface area contributed by atoms with E-state index in [0.29, 0.717) is 11.1 Å². The van der Waals surface area contributed by atoms with E-state index in [1.807, 2.05) is 36.5 Å². The normalized spacial score (nSPS) is 18.2. The maximum absolute atomic E-state index is 9.93. The van der Waals surface area contributed by atoms with Crippen molar-refractivity contribution in [3.8, 4) is 17.3 Å². The molecule has 1 aliphatic rings. The molecule has 168 valence electrons. The average Bonchev–Trinajstić information content (AvgIpc) is 3.19. The fraction of sp³-hybridized carbons (Fsp3) is 0.414. The molecule has 5 rings (SSSR count). The lowest BCUT2D eigenvalue weighted by Crippen LogP contribution is -2.20. The van der Waals surface area contributed by atoms with Crippen molar-refractivity contribution in [1.29, 1.82) is 5.26 Å². The van der Waals surface area contributed by atoms with Crippen LogP contribution in [0.25, 0.3) is 33.2 Å². The molecule has 0 amide bonds. The minimum Gasteiger partial charge on any atom is -0.455 e. The first-order chi connectivity index (χ1) is 16.0. The molecule has 0 N–H and O–H groups in total. The molecule has 0 atom stereocenters. The van der Waals surface area contributed by atoms with E-state index in [1.54, 1.807) is 6.20 Å². The fourth-order valence-corrected chi connectivity index (χ4v) is 4.84. The molecule has 0 saturated heterocycles. The highest BCUT2D eigenvalue weighted by Crippen LogP contribution is 2.47. The molecular weight excluding hydrogens is 406 g/mol. The molecule has 0 spiro atoms. The van der Waals surface area contributed by atoms with Gasteiger partial charge in [0.05, 0.1) is 29.2 Å². The number of fused-ring (bicyclic) bond motifs is 3. The Balaban J connectivity index is 1.71. The predicted molar refractivity (Wildman–Crippen MR) is 133 cm³/mol. The zero-order chi connectivity index (χ0) is 24.3. The molecule has 33 heavy (non-hydrogen) atoms. The summed E-state index contributed by atoms with van der Waals surface area (Å²) < 4.78 is 15.9. The van der Waals surface area contributed by atoms with Crippen molar-refractivity contribution in [2.75, 3.05) is 0 Å². The van der Waals surface area contributed by atoms with Gasteiger partial charge in [0.2, 0.25) is 0 Å². The Kier molecular flexibility index (Phi) is 4.76. The van der Waals surface area contributed by atoms with Crippen LogP contribution in [0.1, 0.15) is 84.4 Å². The van der Waals surface area contributed by atoms with Gasteiger partial charge in [-0.1, -0.05) is 46.8 Å². The van der Waals surface area contributed by atoms with E-state index in [-0.39, 0.29) is 10.8 Å². The summed E-state index contributed by atoms with van der Waals surface area (Å²) >= 11 is 0. The number of furan rings is 1. The van der Waals surface area contributed by atoms with Gasteiger partial charge in [-0.25, -0.2) is 0 Å². The van der Waals surface area contributed by atoms with Crippen LogP contribution in [0, 0.1) is 16.7 Å². The van der Waals surface area contributed by atoms with Crippen LogP contribution in [0.4, 0.5) is 0 Å². The summed E-state index contributed by atoms with van der Waals surface area (Å²) in [5.74, 6) is -0.831. The van der Waals surface area contributed by atoms with Crippen molar-refractivity contribution in [2.24, 2.45) is 5.41 Å². The van der Waals surface area contributed by atoms with Gasteiger partial charge < -0.3 is 4.42 Å². The third kappa shape index (κ3) is 3.80. The van der Waals surface area contributed by atoms with Gasteiger partial charge in [0.1, 0.15) is 11.2 Å². The van der Waals surface area contributed by atoms with E-state index in [2.05, 4.69) is 45.7 Å². The van der Waals surface area contributed by atoms with Crippen LogP contribution < -0.4 is 0 Å². The number of nitrogens with zero attached hydrogens (tertiary/aromatic N) is 3. The second kappa shape index (κ2) is 7.70. The molecule has 2 aromatic heterocycles. The Hall–Kier alpha value is -3.19. The van der Waals surface area contributed by atoms with Gasteiger partial charge in [0, 0.05) is 34.9 Å². The minimum atomic E-state index is -0.831. The molecule has 1 fully saturated rings. The van der Waals surface area contributed by atoms with Crippen molar-refractivity contribution >= 4 is 21.9 Å². The van der Waals surface area contributed by atoms with Gasteiger partial charge in [-0.05, 0) is 55.2 Å². The SMILES string of the molecule is [2H]C1(c2c(C#N)ccc3c2oc2c(-c4cnc(C(C)(C)C)cn4)cccc23)CCC(C)(C)CC1. The molecule has 4 nitrogen and oxygen atoms in total. The monoisotopic (exact) mass is 438 g/mol.